The zero-order chi connectivity index (χ0) is 30.1. The minimum atomic E-state index is -0.282. The Hall–Kier alpha value is -3.10. The molecule has 0 atom stereocenters. The second-order valence-corrected chi connectivity index (χ2v) is 11.3. The topological polar surface area (TPSA) is 0 Å². The molecule has 0 bridgehead atoms. The molecule has 2 heteroatoms. The lowest BCUT2D eigenvalue weighted by molar-refractivity contribution is 0.578. The van der Waals surface area contributed by atoms with Crippen molar-refractivity contribution in [2.24, 2.45) is 0 Å². The van der Waals surface area contributed by atoms with Crippen molar-refractivity contribution in [2.75, 3.05) is 0 Å². The first-order chi connectivity index (χ1) is 20.6. The van der Waals surface area contributed by atoms with Crippen molar-refractivity contribution in [3.8, 4) is 23.7 Å². The molecule has 2 aromatic carbocycles. The summed E-state index contributed by atoms with van der Waals surface area (Å²) in [6, 6.07) is 10.0. The molecular formula is C40H52F2. The van der Waals surface area contributed by atoms with E-state index in [-0.39, 0.29) is 11.6 Å². The van der Waals surface area contributed by atoms with E-state index in [1.165, 1.54) is 102 Å². The molecular weight excluding hydrogens is 518 g/mol. The van der Waals surface area contributed by atoms with Gasteiger partial charge >= 0.3 is 0 Å². The lowest BCUT2D eigenvalue weighted by Crippen LogP contribution is -1.85. The molecule has 0 radical (unpaired) electrons. The third kappa shape index (κ3) is 16.4. The van der Waals surface area contributed by atoms with Gasteiger partial charge in [-0.05, 0) is 61.8 Å². The van der Waals surface area contributed by atoms with E-state index in [9.17, 15) is 8.78 Å². The summed E-state index contributed by atoms with van der Waals surface area (Å²) in [6.07, 6.45) is 30.5. The van der Waals surface area contributed by atoms with E-state index in [0.717, 1.165) is 25.7 Å². The van der Waals surface area contributed by atoms with Crippen LogP contribution in [0.3, 0.4) is 0 Å². The third-order valence-corrected chi connectivity index (χ3v) is 7.52. The summed E-state index contributed by atoms with van der Waals surface area (Å²) < 4.78 is 29.0. The van der Waals surface area contributed by atoms with Gasteiger partial charge in [0.15, 0.2) is 0 Å². The van der Waals surface area contributed by atoms with Crippen LogP contribution in [0.1, 0.15) is 152 Å². The van der Waals surface area contributed by atoms with Gasteiger partial charge < -0.3 is 0 Å². The Morgan fingerprint density at radius 2 is 0.857 bits per heavy atom. The average molecular weight is 571 g/mol. The number of benzene rings is 2. The minimum absolute atomic E-state index is 0.282. The van der Waals surface area contributed by atoms with Gasteiger partial charge in [-0.25, -0.2) is 8.78 Å². The van der Waals surface area contributed by atoms with Gasteiger partial charge in [0, 0.05) is 22.3 Å². The lowest BCUT2D eigenvalue weighted by atomic mass is 10.1. The van der Waals surface area contributed by atoms with Gasteiger partial charge in [-0.3, -0.25) is 0 Å². The van der Waals surface area contributed by atoms with E-state index in [1.54, 1.807) is 12.1 Å². The van der Waals surface area contributed by atoms with Crippen LogP contribution in [-0.4, -0.2) is 0 Å². The maximum absolute atomic E-state index is 14.5. The Labute approximate surface area is 256 Å². The molecule has 0 spiro atoms. The second kappa shape index (κ2) is 23.5. The summed E-state index contributed by atoms with van der Waals surface area (Å²) >= 11 is 0. The van der Waals surface area contributed by atoms with Crippen molar-refractivity contribution < 1.29 is 8.78 Å². The predicted molar refractivity (Wildman–Crippen MR) is 179 cm³/mol. The standard InChI is InChI=1S/C40H52F2/c1-3-5-7-9-11-13-15-17-19-21-27-37-31-29-35(33-39(37)41)25-23-24-26-36-30-32-38(40(42)34-36)28-22-20-18-16-14-12-10-8-6-4-2/h21-22,27-34H,3-20H2,1-2H3/b27-21+,28-22+. The monoisotopic (exact) mass is 570 g/mol. The summed E-state index contributed by atoms with van der Waals surface area (Å²) in [5.41, 5.74) is 2.30. The highest BCUT2D eigenvalue weighted by Crippen LogP contribution is 2.16. The molecule has 0 N–H and O–H groups in total. The zero-order valence-corrected chi connectivity index (χ0v) is 26.3. The van der Waals surface area contributed by atoms with Gasteiger partial charge in [0.25, 0.3) is 0 Å². The molecule has 0 saturated heterocycles. The Kier molecular flexibility index (Phi) is 19.6. The fourth-order valence-corrected chi connectivity index (χ4v) is 4.90. The van der Waals surface area contributed by atoms with E-state index in [0.29, 0.717) is 22.3 Å². The largest absolute Gasteiger partial charge is 0.206 e. The lowest BCUT2D eigenvalue weighted by Gasteiger charge is -2.00. The first kappa shape index (κ1) is 35.1. The van der Waals surface area contributed by atoms with Crippen LogP contribution >= 0.6 is 0 Å². The maximum Gasteiger partial charge on any atom is 0.131 e. The van der Waals surface area contributed by atoms with Gasteiger partial charge in [0.1, 0.15) is 11.6 Å². The van der Waals surface area contributed by atoms with E-state index in [4.69, 9.17) is 0 Å². The summed E-state index contributed by atoms with van der Waals surface area (Å²) in [4.78, 5) is 0. The summed E-state index contributed by atoms with van der Waals surface area (Å²) in [7, 11) is 0. The molecule has 0 aliphatic heterocycles. The number of rotatable bonds is 20. The van der Waals surface area contributed by atoms with E-state index in [1.807, 2.05) is 24.3 Å². The molecule has 0 nitrogen and oxygen atoms in total. The number of allylic oxidation sites excluding steroid dienone is 2. The zero-order valence-electron chi connectivity index (χ0n) is 26.3. The van der Waals surface area contributed by atoms with E-state index >= 15 is 0 Å². The fourth-order valence-electron chi connectivity index (χ4n) is 4.90. The number of hydrogen-bond acceptors (Lipinski definition) is 0. The van der Waals surface area contributed by atoms with E-state index in [2.05, 4.69) is 49.7 Å². The molecule has 0 aliphatic rings. The fraction of sp³-hybridized carbons (Fsp3) is 0.500. The first-order valence-corrected chi connectivity index (χ1v) is 16.6. The molecule has 0 heterocycles. The van der Waals surface area contributed by atoms with Crippen LogP contribution in [0.15, 0.2) is 48.6 Å². The van der Waals surface area contributed by atoms with Crippen LogP contribution in [0.4, 0.5) is 8.78 Å². The molecule has 2 rings (SSSR count). The SMILES string of the molecule is CCCCCCCCCC/C=C/c1ccc(C#CC#Cc2ccc(/C=C/CCCCCCCCCC)c(F)c2)cc1F. The van der Waals surface area contributed by atoms with Crippen LogP contribution in [-0.2, 0) is 0 Å². The van der Waals surface area contributed by atoms with E-state index < -0.39 is 0 Å². The number of halogens is 2. The molecule has 0 aromatic heterocycles. The molecule has 226 valence electrons. The summed E-state index contributed by atoms with van der Waals surface area (Å²) in [5, 5.41) is 0. The maximum atomic E-state index is 14.5. The first-order valence-electron chi connectivity index (χ1n) is 16.6. The minimum Gasteiger partial charge on any atom is -0.206 e. The quantitative estimate of drug-likeness (QED) is 0.110. The van der Waals surface area contributed by atoms with Gasteiger partial charge in [-0.15, -0.1) is 0 Å². The van der Waals surface area contributed by atoms with Gasteiger partial charge in [-0.1, -0.05) is 152 Å². The highest BCUT2D eigenvalue weighted by molar-refractivity contribution is 5.55. The smallest absolute Gasteiger partial charge is 0.131 e. The number of unbranched alkanes of at least 4 members (excludes halogenated alkanes) is 16. The van der Waals surface area contributed by atoms with Crippen LogP contribution < -0.4 is 0 Å². The van der Waals surface area contributed by atoms with Crippen molar-refractivity contribution in [3.63, 3.8) is 0 Å². The van der Waals surface area contributed by atoms with Gasteiger partial charge in [-0.2, -0.15) is 0 Å². The van der Waals surface area contributed by atoms with Crippen molar-refractivity contribution >= 4 is 12.2 Å². The third-order valence-electron chi connectivity index (χ3n) is 7.52. The van der Waals surface area contributed by atoms with Crippen LogP contribution in [0, 0.1) is 35.3 Å². The molecule has 0 fully saturated rings. The normalized spacial score (nSPS) is 11.0. The molecule has 0 amide bonds. The Balaban J connectivity index is 1.73. The number of hydrogen-bond donors (Lipinski definition) is 0. The Bertz CT molecular complexity index is 1100. The van der Waals surface area contributed by atoms with Gasteiger partial charge in [0.2, 0.25) is 0 Å². The summed E-state index contributed by atoms with van der Waals surface area (Å²) in [5.74, 6) is 10.7. The molecule has 0 unspecified atom stereocenters. The Morgan fingerprint density at radius 1 is 0.500 bits per heavy atom. The predicted octanol–water partition coefficient (Wildman–Crippen LogP) is 12.5. The van der Waals surface area contributed by atoms with Crippen LogP contribution in [0.5, 0.6) is 0 Å². The molecule has 0 saturated carbocycles. The summed E-state index contributed by atoms with van der Waals surface area (Å²) in [6.45, 7) is 4.49. The van der Waals surface area contributed by atoms with Gasteiger partial charge in [0.05, 0.1) is 0 Å². The highest BCUT2D eigenvalue weighted by Gasteiger charge is 2.01. The molecule has 2 aromatic rings. The van der Waals surface area contributed by atoms with Crippen LogP contribution in [0.2, 0.25) is 0 Å². The van der Waals surface area contributed by atoms with Crippen molar-refractivity contribution in [1.29, 1.82) is 0 Å². The van der Waals surface area contributed by atoms with Crippen molar-refractivity contribution in [1.82, 2.24) is 0 Å². The van der Waals surface area contributed by atoms with Crippen molar-refractivity contribution in [3.05, 3.63) is 82.4 Å². The molecule has 0 aliphatic carbocycles. The average Bonchev–Trinajstić information content (AvgIpc) is 2.99. The molecule has 42 heavy (non-hydrogen) atoms. The second-order valence-electron chi connectivity index (χ2n) is 11.3. The Morgan fingerprint density at radius 3 is 1.21 bits per heavy atom. The highest BCUT2D eigenvalue weighted by atomic mass is 19.1. The van der Waals surface area contributed by atoms with Crippen molar-refractivity contribution in [2.45, 2.75) is 129 Å². The van der Waals surface area contributed by atoms with Crippen LogP contribution in [0.25, 0.3) is 12.2 Å².